The van der Waals surface area contributed by atoms with Crippen molar-refractivity contribution >= 4 is 27.9 Å². The smallest absolute Gasteiger partial charge is 0.236 e. The zero-order chi connectivity index (χ0) is 17.7. The van der Waals surface area contributed by atoms with E-state index in [9.17, 15) is 8.42 Å². The number of rotatable bonds is 5. The summed E-state index contributed by atoms with van der Waals surface area (Å²) in [6.07, 6.45) is 5.12. The van der Waals surface area contributed by atoms with Crippen LogP contribution < -0.4 is 0 Å². The molecule has 0 N–H and O–H groups in total. The van der Waals surface area contributed by atoms with Gasteiger partial charge in [-0.15, -0.1) is 0 Å². The predicted molar refractivity (Wildman–Crippen MR) is 107 cm³/mol. The molecule has 2 fully saturated rings. The fourth-order valence-electron chi connectivity index (χ4n) is 3.47. The van der Waals surface area contributed by atoms with Gasteiger partial charge in [0.2, 0.25) is 10.0 Å². The second-order valence-corrected chi connectivity index (χ2v) is 9.88. The average molecular weight is 381 g/mol. The summed E-state index contributed by atoms with van der Waals surface area (Å²) in [6, 6.07) is 8.01. The second-order valence-electron chi connectivity index (χ2n) is 6.96. The SMILES string of the molecule is Cc1ccc(/C=C/S(=O)(=O)N2CCCSCC2CN2CCCC2)cc1. The summed E-state index contributed by atoms with van der Waals surface area (Å²) >= 11 is 1.89. The molecule has 6 heteroatoms. The third kappa shape index (κ3) is 5.33. The minimum absolute atomic E-state index is 0.0817. The average Bonchev–Trinajstić information content (AvgIpc) is 2.98. The highest BCUT2D eigenvalue weighted by molar-refractivity contribution is 7.99. The van der Waals surface area contributed by atoms with E-state index >= 15 is 0 Å². The van der Waals surface area contributed by atoms with Crippen LogP contribution in [0.1, 0.15) is 30.4 Å². The molecule has 0 spiro atoms. The van der Waals surface area contributed by atoms with Crippen LogP contribution in [-0.4, -0.2) is 61.3 Å². The van der Waals surface area contributed by atoms with Crippen molar-refractivity contribution in [3.05, 3.63) is 40.8 Å². The van der Waals surface area contributed by atoms with Gasteiger partial charge < -0.3 is 4.90 Å². The van der Waals surface area contributed by atoms with E-state index in [2.05, 4.69) is 4.90 Å². The van der Waals surface area contributed by atoms with E-state index in [1.54, 1.807) is 10.4 Å². The van der Waals surface area contributed by atoms with Gasteiger partial charge in [-0.2, -0.15) is 16.1 Å². The molecule has 2 aliphatic rings. The summed E-state index contributed by atoms with van der Waals surface area (Å²) in [7, 11) is -3.39. The van der Waals surface area contributed by atoms with Gasteiger partial charge in [0, 0.05) is 30.3 Å². The molecule has 1 aromatic carbocycles. The molecule has 138 valence electrons. The molecule has 0 bridgehead atoms. The lowest BCUT2D eigenvalue weighted by Gasteiger charge is -2.30. The quantitative estimate of drug-likeness (QED) is 0.787. The van der Waals surface area contributed by atoms with Gasteiger partial charge >= 0.3 is 0 Å². The van der Waals surface area contributed by atoms with Gasteiger partial charge in [0.15, 0.2) is 0 Å². The topological polar surface area (TPSA) is 40.6 Å². The lowest BCUT2D eigenvalue weighted by molar-refractivity contribution is 0.245. The number of nitrogens with zero attached hydrogens (tertiary/aromatic N) is 2. The van der Waals surface area contributed by atoms with Crippen LogP contribution in [0.4, 0.5) is 0 Å². The third-order valence-electron chi connectivity index (χ3n) is 4.89. The Morgan fingerprint density at radius 2 is 1.84 bits per heavy atom. The van der Waals surface area contributed by atoms with Crippen molar-refractivity contribution in [3.8, 4) is 0 Å². The summed E-state index contributed by atoms with van der Waals surface area (Å²) in [5, 5.41) is 1.39. The normalized spacial score (nSPS) is 24.0. The standard InChI is InChI=1S/C19H28N2O2S2/c1-17-5-7-18(8-6-17)9-14-25(22,23)21-12-4-13-24-16-19(21)15-20-10-2-3-11-20/h5-9,14,19H,2-4,10-13,15-16H2,1H3/b14-9+. The third-order valence-corrected chi connectivity index (χ3v) is 7.70. The summed E-state index contributed by atoms with van der Waals surface area (Å²) < 4.78 is 27.7. The van der Waals surface area contributed by atoms with Crippen LogP contribution in [0.3, 0.4) is 0 Å². The number of likely N-dealkylation sites (tertiary alicyclic amines) is 1. The van der Waals surface area contributed by atoms with E-state index in [-0.39, 0.29) is 6.04 Å². The van der Waals surface area contributed by atoms with Crippen molar-refractivity contribution in [2.24, 2.45) is 0 Å². The maximum atomic E-state index is 13.0. The van der Waals surface area contributed by atoms with Crippen LogP contribution in [0.5, 0.6) is 0 Å². The maximum absolute atomic E-state index is 13.0. The highest BCUT2D eigenvalue weighted by Crippen LogP contribution is 2.23. The van der Waals surface area contributed by atoms with Crippen molar-refractivity contribution < 1.29 is 8.42 Å². The lowest BCUT2D eigenvalue weighted by atomic mass is 10.2. The Morgan fingerprint density at radius 3 is 2.56 bits per heavy atom. The van der Waals surface area contributed by atoms with E-state index in [0.717, 1.165) is 43.1 Å². The van der Waals surface area contributed by atoms with Gasteiger partial charge in [0.05, 0.1) is 0 Å². The van der Waals surface area contributed by atoms with Crippen molar-refractivity contribution in [1.82, 2.24) is 9.21 Å². The van der Waals surface area contributed by atoms with Crippen LogP contribution >= 0.6 is 11.8 Å². The molecule has 0 radical (unpaired) electrons. The number of sulfonamides is 1. The molecule has 1 unspecified atom stereocenters. The Balaban J connectivity index is 1.74. The fourth-order valence-corrected chi connectivity index (χ4v) is 6.05. The van der Waals surface area contributed by atoms with Crippen molar-refractivity contribution in [2.75, 3.05) is 37.7 Å². The molecule has 2 heterocycles. The molecule has 25 heavy (non-hydrogen) atoms. The number of hydrogen-bond donors (Lipinski definition) is 0. The summed E-state index contributed by atoms with van der Waals surface area (Å²) in [5.74, 6) is 1.94. The maximum Gasteiger partial charge on any atom is 0.236 e. The van der Waals surface area contributed by atoms with Gasteiger partial charge in [-0.05, 0) is 56.7 Å². The molecule has 4 nitrogen and oxygen atoms in total. The summed E-state index contributed by atoms with van der Waals surface area (Å²) in [6.45, 7) is 5.74. The molecular weight excluding hydrogens is 352 g/mol. The van der Waals surface area contributed by atoms with E-state index in [4.69, 9.17) is 0 Å². The van der Waals surface area contributed by atoms with Crippen LogP contribution in [0.2, 0.25) is 0 Å². The number of thioether (sulfide) groups is 1. The Kier molecular flexibility index (Phi) is 6.61. The molecule has 0 aromatic heterocycles. The Bertz CT molecular complexity index is 680. The number of hydrogen-bond acceptors (Lipinski definition) is 4. The first-order chi connectivity index (χ1) is 12.0. The first kappa shape index (κ1) is 19.0. The molecule has 2 aliphatic heterocycles. The van der Waals surface area contributed by atoms with Gasteiger partial charge in [-0.1, -0.05) is 29.8 Å². The zero-order valence-corrected chi connectivity index (χ0v) is 16.6. The minimum Gasteiger partial charge on any atom is -0.302 e. The Morgan fingerprint density at radius 1 is 1.12 bits per heavy atom. The predicted octanol–water partition coefficient (Wildman–Crippen LogP) is 3.20. The molecule has 0 aliphatic carbocycles. The van der Waals surface area contributed by atoms with E-state index in [1.807, 2.05) is 43.0 Å². The molecule has 1 atom stereocenters. The van der Waals surface area contributed by atoms with Crippen LogP contribution in [0, 0.1) is 6.92 Å². The highest BCUT2D eigenvalue weighted by atomic mass is 32.2. The van der Waals surface area contributed by atoms with Gasteiger partial charge in [-0.25, -0.2) is 8.42 Å². The molecule has 1 aromatic rings. The van der Waals surface area contributed by atoms with Gasteiger partial charge in [0.25, 0.3) is 0 Å². The Labute approximate surface area is 156 Å². The highest BCUT2D eigenvalue weighted by Gasteiger charge is 2.31. The minimum atomic E-state index is -3.39. The molecule has 0 saturated carbocycles. The van der Waals surface area contributed by atoms with Gasteiger partial charge in [0.1, 0.15) is 0 Å². The Hall–Kier alpha value is -0.820. The van der Waals surface area contributed by atoms with E-state index in [0.29, 0.717) is 6.54 Å². The summed E-state index contributed by atoms with van der Waals surface area (Å²) in [4.78, 5) is 2.42. The van der Waals surface area contributed by atoms with E-state index < -0.39 is 10.0 Å². The fraction of sp³-hybridized carbons (Fsp3) is 0.579. The monoisotopic (exact) mass is 380 g/mol. The molecule has 0 amide bonds. The lowest BCUT2D eigenvalue weighted by Crippen LogP contribution is -2.46. The van der Waals surface area contributed by atoms with Crippen LogP contribution in [-0.2, 0) is 10.0 Å². The van der Waals surface area contributed by atoms with Crippen molar-refractivity contribution in [3.63, 3.8) is 0 Å². The molecule has 3 rings (SSSR count). The second kappa shape index (κ2) is 8.71. The zero-order valence-electron chi connectivity index (χ0n) is 14.9. The van der Waals surface area contributed by atoms with Crippen LogP contribution in [0.25, 0.3) is 6.08 Å². The van der Waals surface area contributed by atoms with Crippen LogP contribution in [0.15, 0.2) is 29.7 Å². The number of benzene rings is 1. The summed E-state index contributed by atoms with van der Waals surface area (Å²) in [5.41, 5.74) is 2.10. The molecule has 2 saturated heterocycles. The van der Waals surface area contributed by atoms with Crippen molar-refractivity contribution in [2.45, 2.75) is 32.2 Å². The largest absolute Gasteiger partial charge is 0.302 e. The van der Waals surface area contributed by atoms with Crippen molar-refractivity contribution in [1.29, 1.82) is 0 Å². The first-order valence-corrected chi connectivity index (χ1v) is 11.8. The molecular formula is C19H28N2O2S2. The van der Waals surface area contributed by atoms with E-state index in [1.165, 1.54) is 23.8 Å². The number of aryl methyl sites for hydroxylation is 1. The van der Waals surface area contributed by atoms with Gasteiger partial charge in [-0.3, -0.25) is 0 Å². The first-order valence-electron chi connectivity index (χ1n) is 9.11.